The van der Waals surface area contributed by atoms with E-state index in [2.05, 4.69) is 10.6 Å². The Balaban J connectivity index is 1.96. The van der Waals surface area contributed by atoms with E-state index < -0.39 is 11.3 Å². The molecule has 1 aliphatic carbocycles. The first-order chi connectivity index (χ1) is 10.9. The molecule has 1 aliphatic rings. The fraction of sp³-hybridized carbons (Fsp3) is 0.556. The number of anilines is 1. The molecule has 2 rings (SSSR count). The molecule has 2 N–H and O–H groups in total. The minimum atomic E-state index is -1.18. The molecule has 1 fully saturated rings. The summed E-state index contributed by atoms with van der Waals surface area (Å²) in [5.41, 5.74) is -0.701. The molecule has 126 valence electrons. The summed E-state index contributed by atoms with van der Waals surface area (Å²) in [6.45, 7) is 3.22. The third-order valence-corrected chi connectivity index (χ3v) is 4.43. The number of carbonyl (C=O) groups is 2. The van der Waals surface area contributed by atoms with Crippen LogP contribution in [0.15, 0.2) is 24.3 Å². The second kappa shape index (κ2) is 7.57. The summed E-state index contributed by atoms with van der Waals surface area (Å²) in [5.74, 6) is -1.02. The van der Waals surface area contributed by atoms with E-state index in [4.69, 9.17) is 0 Å². The summed E-state index contributed by atoms with van der Waals surface area (Å²) in [6, 6.07) is 5.66. The maximum absolute atomic E-state index is 12.9. The third-order valence-electron chi connectivity index (χ3n) is 4.43. The van der Waals surface area contributed by atoms with Crippen LogP contribution in [0.4, 0.5) is 10.1 Å². The van der Waals surface area contributed by atoms with Crippen molar-refractivity contribution in [2.24, 2.45) is 5.41 Å². The highest BCUT2D eigenvalue weighted by Gasteiger charge is 2.37. The highest BCUT2D eigenvalue weighted by molar-refractivity contribution is 6.09. The molecule has 2 amide bonds. The van der Waals surface area contributed by atoms with Crippen LogP contribution in [0.2, 0.25) is 0 Å². The number of halogens is 1. The Hall–Kier alpha value is -1.91. The number of rotatable bonds is 4. The molecule has 0 unspecified atom stereocenters. The van der Waals surface area contributed by atoms with E-state index in [1.165, 1.54) is 37.1 Å². The topological polar surface area (TPSA) is 58.2 Å². The number of amides is 2. The van der Waals surface area contributed by atoms with Crippen LogP contribution in [-0.4, -0.2) is 17.9 Å². The lowest BCUT2D eigenvalue weighted by molar-refractivity contribution is -0.138. The van der Waals surface area contributed by atoms with Gasteiger partial charge in [-0.2, -0.15) is 0 Å². The van der Waals surface area contributed by atoms with Crippen molar-refractivity contribution in [2.45, 2.75) is 58.4 Å². The summed E-state index contributed by atoms with van der Waals surface area (Å²) < 4.78 is 12.9. The maximum Gasteiger partial charge on any atom is 0.239 e. The average Bonchev–Trinajstić information content (AvgIpc) is 2.78. The van der Waals surface area contributed by atoms with Crippen molar-refractivity contribution < 1.29 is 14.0 Å². The van der Waals surface area contributed by atoms with Crippen molar-refractivity contribution in [3.63, 3.8) is 0 Å². The first kappa shape index (κ1) is 17.4. The van der Waals surface area contributed by atoms with Gasteiger partial charge in [-0.05, 0) is 51.0 Å². The molecule has 5 heteroatoms. The van der Waals surface area contributed by atoms with E-state index in [0.717, 1.165) is 25.7 Å². The molecule has 0 aromatic heterocycles. The molecule has 0 atom stereocenters. The zero-order valence-corrected chi connectivity index (χ0v) is 13.8. The highest BCUT2D eigenvalue weighted by Crippen LogP contribution is 2.22. The summed E-state index contributed by atoms with van der Waals surface area (Å²) >= 11 is 0. The van der Waals surface area contributed by atoms with Gasteiger partial charge in [0, 0.05) is 11.7 Å². The molecular formula is C18H25FN2O2. The molecule has 4 nitrogen and oxygen atoms in total. The zero-order valence-electron chi connectivity index (χ0n) is 13.8. The van der Waals surface area contributed by atoms with Crippen LogP contribution in [0.3, 0.4) is 0 Å². The van der Waals surface area contributed by atoms with Crippen LogP contribution in [0.25, 0.3) is 0 Å². The van der Waals surface area contributed by atoms with Gasteiger partial charge in [0.1, 0.15) is 11.2 Å². The molecule has 0 radical (unpaired) electrons. The van der Waals surface area contributed by atoms with Crippen LogP contribution in [0.1, 0.15) is 52.4 Å². The molecular weight excluding hydrogens is 295 g/mol. The quantitative estimate of drug-likeness (QED) is 0.657. The Labute approximate surface area is 136 Å². The lowest BCUT2D eigenvalue weighted by Crippen LogP contribution is -2.48. The predicted molar refractivity (Wildman–Crippen MR) is 88.4 cm³/mol. The Kier molecular flexibility index (Phi) is 5.74. The monoisotopic (exact) mass is 320 g/mol. The van der Waals surface area contributed by atoms with E-state index in [1.807, 2.05) is 0 Å². The van der Waals surface area contributed by atoms with E-state index >= 15 is 0 Å². The van der Waals surface area contributed by atoms with Gasteiger partial charge in [-0.15, -0.1) is 0 Å². The van der Waals surface area contributed by atoms with Gasteiger partial charge >= 0.3 is 0 Å². The molecule has 0 saturated heterocycles. The molecule has 1 aromatic rings. The van der Waals surface area contributed by atoms with Gasteiger partial charge in [0.2, 0.25) is 11.8 Å². The Morgan fingerprint density at radius 2 is 1.57 bits per heavy atom. The Morgan fingerprint density at radius 3 is 2.13 bits per heavy atom. The van der Waals surface area contributed by atoms with Crippen molar-refractivity contribution >= 4 is 17.5 Å². The molecule has 0 spiro atoms. The van der Waals surface area contributed by atoms with Gasteiger partial charge in [0.15, 0.2) is 0 Å². The normalized spacial score (nSPS) is 16.5. The maximum atomic E-state index is 12.9. The molecule has 0 aliphatic heterocycles. The van der Waals surface area contributed by atoms with Gasteiger partial charge in [-0.1, -0.05) is 25.7 Å². The summed E-state index contributed by atoms with van der Waals surface area (Å²) in [7, 11) is 0. The lowest BCUT2D eigenvalue weighted by atomic mass is 9.90. The largest absolute Gasteiger partial charge is 0.352 e. The minimum Gasteiger partial charge on any atom is -0.352 e. The standard InChI is InChI=1S/C18H25FN2O2/c1-18(2,16(22)20-14-7-5-3-4-6-8-14)17(23)21-15-11-9-13(19)10-12-15/h9-12,14H,3-8H2,1-2H3,(H,20,22)(H,21,23). The first-order valence-electron chi connectivity index (χ1n) is 8.27. The number of carbonyl (C=O) groups excluding carboxylic acids is 2. The van der Waals surface area contributed by atoms with Gasteiger partial charge in [-0.25, -0.2) is 4.39 Å². The lowest BCUT2D eigenvalue weighted by Gasteiger charge is -2.26. The van der Waals surface area contributed by atoms with Crippen LogP contribution in [0, 0.1) is 11.2 Å². The molecule has 1 aromatic carbocycles. The van der Waals surface area contributed by atoms with Crippen molar-refractivity contribution in [2.75, 3.05) is 5.32 Å². The van der Waals surface area contributed by atoms with E-state index in [1.54, 1.807) is 13.8 Å². The summed E-state index contributed by atoms with van der Waals surface area (Å²) in [4.78, 5) is 24.9. The van der Waals surface area contributed by atoms with Crippen LogP contribution in [-0.2, 0) is 9.59 Å². The van der Waals surface area contributed by atoms with Crippen molar-refractivity contribution in [3.8, 4) is 0 Å². The second-order valence-electron chi connectivity index (χ2n) is 6.75. The van der Waals surface area contributed by atoms with Crippen molar-refractivity contribution in [3.05, 3.63) is 30.1 Å². The summed E-state index contributed by atoms with van der Waals surface area (Å²) in [5, 5.41) is 5.69. The number of nitrogens with one attached hydrogen (secondary N) is 2. The van der Waals surface area contributed by atoms with Gasteiger partial charge in [0.25, 0.3) is 0 Å². The molecule has 0 heterocycles. The summed E-state index contributed by atoms with van der Waals surface area (Å²) in [6.07, 6.45) is 6.60. The molecule has 1 saturated carbocycles. The predicted octanol–water partition coefficient (Wildman–Crippen LogP) is 3.63. The second-order valence-corrected chi connectivity index (χ2v) is 6.75. The fourth-order valence-corrected chi connectivity index (χ4v) is 2.71. The van der Waals surface area contributed by atoms with Gasteiger partial charge in [-0.3, -0.25) is 9.59 Å². The average molecular weight is 320 g/mol. The SMILES string of the molecule is CC(C)(C(=O)Nc1ccc(F)cc1)C(=O)NC1CCCCCC1. The zero-order chi connectivity index (χ0) is 16.9. The van der Waals surface area contributed by atoms with Gasteiger partial charge in [0.05, 0.1) is 0 Å². The molecule has 0 bridgehead atoms. The highest BCUT2D eigenvalue weighted by atomic mass is 19.1. The van der Waals surface area contributed by atoms with E-state index in [9.17, 15) is 14.0 Å². The van der Waals surface area contributed by atoms with Crippen molar-refractivity contribution in [1.29, 1.82) is 0 Å². The van der Waals surface area contributed by atoms with E-state index in [-0.39, 0.29) is 17.8 Å². The minimum absolute atomic E-state index is 0.155. The third kappa shape index (κ3) is 4.78. The molecule has 23 heavy (non-hydrogen) atoms. The number of hydrogen-bond donors (Lipinski definition) is 2. The number of benzene rings is 1. The van der Waals surface area contributed by atoms with Crippen LogP contribution >= 0.6 is 0 Å². The Bertz CT molecular complexity index is 547. The van der Waals surface area contributed by atoms with E-state index in [0.29, 0.717) is 5.69 Å². The van der Waals surface area contributed by atoms with Crippen molar-refractivity contribution in [1.82, 2.24) is 5.32 Å². The van der Waals surface area contributed by atoms with Crippen LogP contribution in [0.5, 0.6) is 0 Å². The Morgan fingerprint density at radius 1 is 1.00 bits per heavy atom. The fourth-order valence-electron chi connectivity index (χ4n) is 2.71. The first-order valence-corrected chi connectivity index (χ1v) is 8.27. The number of hydrogen-bond acceptors (Lipinski definition) is 2. The van der Waals surface area contributed by atoms with Gasteiger partial charge < -0.3 is 10.6 Å². The van der Waals surface area contributed by atoms with Crippen LogP contribution < -0.4 is 10.6 Å². The smallest absolute Gasteiger partial charge is 0.239 e.